The molecular formula is C26H31NO5S. The van der Waals surface area contributed by atoms with Gasteiger partial charge in [-0.25, -0.2) is 9.78 Å². The van der Waals surface area contributed by atoms with E-state index in [4.69, 9.17) is 18.9 Å². The van der Waals surface area contributed by atoms with E-state index < -0.39 is 12.1 Å². The number of nitrogens with zero attached hydrogens (tertiary/aromatic N) is 1. The van der Waals surface area contributed by atoms with E-state index in [9.17, 15) is 4.79 Å². The Kier molecular flexibility index (Phi) is 8.72. The van der Waals surface area contributed by atoms with Crippen molar-refractivity contribution in [2.75, 3.05) is 13.7 Å². The number of ether oxygens (including phenoxy) is 4. The highest BCUT2D eigenvalue weighted by atomic mass is 32.1. The van der Waals surface area contributed by atoms with Crippen LogP contribution in [-0.2, 0) is 16.0 Å². The van der Waals surface area contributed by atoms with Crippen LogP contribution in [0.3, 0.4) is 0 Å². The Labute approximate surface area is 199 Å². The minimum atomic E-state index is -0.667. The molecule has 0 N–H and O–H groups in total. The maximum atomic E-state index is 11.6. The lowest BCUT2D eigenvalue weighted by atomic mass is 10.1. The zero-order valence-corrected chi connectivity index (χ0v) is 20.6. The first kappa shape index (κ1) is 24.6. The number of rotatable bonds is 11. The summed E-state index contributed by atoms with van der Waals surface area (Å²) in [5.74, 6) is 1.80. The molecule has 6 nitrogen and oxygen atoms in total. The molecule has 33 heavy (non-hydrogen) atoms. The van der Waals surface area contributed by atoms with Crippen molar-refractivity contribution < 1.29 is 23.7 Å². The van der Waals surface area contributed by atoms with E-state index in [0.29, 0.717) is 12.4 Å². The van der Waals surface area contributed by atoms with E-state index in [1.54, 1.807) is 24.3 Å². The summed E-state index contributed by atoms with van der Waals surface area (Å²) in [4.78, 5) is 16.0. The van der Waals surface area contributed by atoms with Crippen LogP contribution in [0.5, 0.6) is 17.2 Å². The standard InChI is InChI=1S/C26H31NO5S/c1-6-20-7-9-24(22(16-20)25-27-12-14-33-25)31-18(3)11-13-30-21-8-10-23(17(2)15-21)32-19(4)26(28)29-5/h7-10,12,14-16,18-19H,6,11,13H2,1-5H3. The van der Waals surface area contributed by atoms with Gasteiger partial charge in [-0.05, 0) is 68.7 Å². The third kappa shape index (κ3) is 6.71. The van der Waals surface area contributed by atoms with Crippen LogP contribution in [0.15, 0.2) is 48.0 Å². The van der Waals surface area contributed by atoms with Crippen molar-refractivity contribution in [3.8, 4) is 27.8 Å². The molecule has 0 radical (unpaired) electrons. The van der Waals surface area contributed by atoms with Crippen molar-refractivity contribution in [2.24, 2.45) is 0 Å². The van der Waals surface area contributed by atoms with Gasteiger partial charge in [0.15, 0.2) is 6.10 Å². The molecule has 0 saturated heterocycles. The SMILES string of the molecule is CCc1ccc(OC(C)CCOc2ccc(OC(C)C(=O)OC)c(C)c2)c(-c2nccs2)c1. The average Bonchev–Trinajstić information content (AvgIpc) is 3.35. The summed E-state index contributed by atoms with van der Waals surface area (Å²) in [7, 11) is 1.34. The first-order chi connectivity index (χ1) is 15.9. The quantitative estimate of drug-likeness (QED) is 0.328. The normalized spacial score (nSPS) is 12.6. The highest BCUT2D eigenvalue weighted by molar-refractivity contribution is 7.13. The first-order valence-corrected chi connectivity index (χ1v) is 12.0. The molecule has 3 rings (SSSR count). The lowest BCUT2D eigenvalue weighted by molar-refractivity contribution is -0.147. The van der Waals surface area contributed by atoms with Crippen LogP contribution < -0.4 is 14.2 Å². The van der Waals surface area contributed by atoms with Crippen LogP contribution in [0.4, 0.5) is 0 Å². The van der Waals surface area contributed by atoms with Gasteiger partial charge in [-0.2, -0.15) is 0 Å². The van der Waals surface area contributed by atoms with Crippen LogP contribution in [0.1, 0.15) is 38.3 Å². The molecule has 0 aliphatic carbocycles. The maximum absolute atomic E-state index is 11.6. The summed E-state index contributed by atoms with van der Waals surface area (Å²) in [6.07, 6.45) is 2.81. The predicted octanol–water partition coefficient (Wildman–Crippen LogP) is 5.86. The lowest BCUT2D eigenvalue weighted by Gasteiger charge is -2.18. The van der Waals surface area contributed by atoms with Gasteiger partial charge in [-0.1, -0.05) is 13.0 Å². The zero-order chi connectivity index (χ0) is 23.8. The molecular weight excluding hydrogens is 438 g/mol. The van der Waals surface area contributed by atoms with Crippen LogP contribution in [0.2, 0.25) is 0 Å². The number of carbonyl (C=O) groups is 1. The van der Waals surface area contributed by atoms with Crippen molar-refractivity contribution in [1.82, 2.24) is 4.98 Å². The van der Waals surface area contributed by atoms with Gasteiger partial charge in [0, 0.05) is 18.0 Å². The van der Waals surface area contributed by atoms with E-state index >= 15 is 0 Å². The minimum absolute atomic E-state index is 0.0270. The number of esters is 1. The van der Waals surface area contributed by atoms with Gasteiger partial charge in [0.2, 0.25) is 0 Å². The van der Waals surface area contributed by atoms with Crippen molar-refractivity contribution in [2.45, 2.75) is 52.7 Å². The number of hydrogen-bond donors (Lipinski definition) is 0. The van der Waals surface area contributed by atoms with Gasteiger partial charge < -0.3 is 18.9 Å². The third-order valence-electron chi connectivity index (χ3n) is 5.22. The molecule has 2 unspecified atom stereocenters. The molecule has 1 heterocycles. The molecule has 0 fully saturated rings. The van der Waals surface area contributed by atoms with Crippen LogP contribution in [-0.4, -0.2) is 36.9 Å². The van der Waals surface area contributed by atoms with E-state index in [2.05, 4.69) is 24.0 Å². The van der Waals surface area contributed by atoms with Crippen molar-refractivity contribution in [1.29, 1.82) is 0 Å². The Morgan fingerprint density at radius 3 is 2.55 bits per heavy atom. The Morgan fingerprint density at radius 1 is 1.09 bits per heavy atom. The zero-order valence-electron chi connectivity index (χ0n) is 19.8. The highest BCUT2D eigenvalue weighted by Crippen LogP contribution is 2.33. The number of hydrogen-bond acceptors (Lipinski definition) is 7. The second-order valence-corrected chi connectivity index (χ2v) is 8.69. The van der Waals surface area contributed by atoms with Gasteiger partial charge in [-0.15, -0.1) is 11.3 Å². The fourth-order valence-electron chi connectivity index (χ4n) is 3.29. The second kappa shape index (κ2) is 11.7. The topological polar surface area (TPSA) is 66.9 Å². The number of benzene rings is 2. The van der Waals surface area contributed by atoms with Gasteiger partial charge in [-0.3, -0.25) is 0 Å². The number of aryl methyl sites for hydroxylation is 2. The Hall–Kier alpha value is -3.06. The first-order valence-electron chi connectivity index (χ1n) is 11.1. The molecule has 2 aromatic carbocycles. The summed E-state index contributed by atoms with van der Waals surface area (Å²) in [6.45, 7) is 8.27. The molecule has 2 atom stereocenters. The Balaban J connectivity index is 1.55. The fraction of sp³-hybridized carbons (Fsp3) is 0.385. The minimum Gasteiger partial charge on any atom is -0.493 e. The average molecular weight is 470 g/mol. The monoisotopic (exact) mass is 469 g/mol. The molecule has 3 aromatic rings. The maximum Gasteiger partial charge on any atom is 0.346 e. The molecule has 7 heteroatoms. The summed E-state index contributed by atoms with van der Waals surface area (Å²) in [5.41, 5.74) is 3.17. The highest BCUT2D eigenvalue weighted by Gasteiger charge is 2.16. The molecule has 0 aliphatic rings. The molecule has 0 bridgehead atoms. The fourth-order valence-corrected chi connectivity index (χ4v) is 3.95. The number of aromatic nitrogens is 1. The Morgan fingerprint density at radius 2 is 1.88 bits per heavy atom. The predicted molar refractivity (Wildman–Crippen MR) is 130 cm³/mol. The van der Waals surface area contributed by atoms with Crippen molar-refractivity contribution in [3.05, 3.63) is 59.1 Å². The van der Waals surface area contributed by atoms with Gasteiger partial charge in [0.25, 0.3) is 0 Å². The largest absolute Gasteiger partial charge is 0.493 e. The summed E-state index contributed by atoms with van der Waals surface area (Å²) in [6, 6.07) is 11.8. The molecule has 0 spiro atoms. The molecule has 0 aliphatic heterocycles. The molecule has 0 amide bonds. The van der Waals surface area contributed by atoms with Crippen LogP contribution in [0.25, 0.3) is 10.6 Å². The number of methoxy groups -OCH3 is 1. The van der Waals surface area contributed by atoms with E-state index in [1.165, 1.54) is 12.7 Å². The lowest BCUT2D eigenvalue weighted by Crippen LogP contribution is -2.25. The summed E-state index contributed by atoms with van der Waals surface area (Å²) >= 11 is 1.61. The molecule has 176 valence electrons. The van der Waals surface area contributed by atoms with Gasteiger partial charge in [0.05, 0.1) is 25.4 Å². The smallest absolute Gasteiger partial charge is 0.346 e. The van der Waals surface area contributed by atoms with E-state index in [1.807, 2.05) is 43.6 Å². The van der Waals surface area contributed by atoms with Gasteiger partial charge >= 0.3 is 5.97 Å². The third-order valence-corrected chi connectivity index (χ3v) is 6.03. The van der Waals surface area contributed by atoms with E-state index in [-0.39, 0.29) is 6.10 Å². The van der Waals surface area contributed by atoms with Crippen LogP contribution in [0, 0.1) is 6.92 Å². The van der Waals surface area contributed by atoms with Gasteiger partial charge in [0.1, 0.15) is 22.3 Å². The second-order valence-electron chi connectivity index (χ2n) is 7.80. The molecule has 1 aromatic heterocycles. The van der Waals surface area contributed by atoms with Crippen molar-refractivity contribution in [3.63, 3.8) is 0 Å². The number of carbonyl (C=O) groups excluding carboxylic acids is 1. The Bertz CT molecular complexity index is 1050. The van der Waals surface area contributed by atoms with Crippen molar-refractivity contribution >= 4 is 17.3 Å². The molecule has 0 saturated carbocycles. The number of thiazole rings is 1. The van der Waals surface area contributed by atoms with Crippen LogP contribution >= 0.6 is 11.3 Å². The van der Waals surface area contributed by atoms with E-state index in [0.717, 1.165) is 40.5 Å². The summed E-state index contributed by atoms with van der Waals surface area (Å²) < 4.78 is 22.5. The summed E-state index contributed by atoms with van der Waals surface area (Å²) in [5, 5.41) is 2.94.